The van der Waals surface area contributed by atoms with Crippen LogP contribution in [0.2, 0.25) is 0 Å². The van der Waals surface area contributed by atoms with Crippen molar-refractivity contribution >= 4 is 31.9 Å². The summed E-state index contributed by atoms with van der Waals surface area (Å²) in [5.41, 5.74) is 2.14. The molecule has 1 aliphatic rings. The summed E-state index contributed by atoms with van der Waals surface area (Å²) in [5, 5.41) is 3.58. The summed E-state index contributed by atoms with van der Waals surface area (Å²) in [4.78, 5) is 0. The largest absolute Gasteiger partial charge is 0.494 e. The zero-order chi connectivity index (χ0) is 15.1. The lowest BCUT2D eigenvalue weighted by Gasteiger charge is -2.10. The Morgan fingerprint density at radius 3 is 2.00 bits per heavy atom. The Bertz CT molecular complexity index is 474. The second kappa shape index (κ2) is 5.62. The maximum atomic E-state index is 5.32. The minimum absolute atomic E-state index is 0.446. The molecule has 1 aliphatic carbocycles. The first-order chi connectivity index (χ1) is 9.21. The Morgan fingerprint density at radius 1 is 1.10 bits per heavy atom. The van der Waals surface area contributed by atoms with Crippen molar-refractivity contribution in [3.63, 3.8) is 0 Å². The highest BCUT2D eigenvalue weighted by molar-refractivity contribution is 9.11. The average Bonchev–Trinajstić information content (AvgIpc) is 2.71. The van der Waals surface area contributed by atoms with Crippen molar-refractivity contribution in [2.75, 3.05) is 13.7 Å². The van der Waals surface area contributed by atoms with Crippen LogP contribution in [-0.2, 0) is 6.54 Å². The molecule has 0 saturated heterocycles. The third kappa shape index (κ3) is 2.79. The van der Waals surface area contributed by atoms with Crippen LogP contribution in [0, 0.1) is 16.7 Å². The molecule has 112 valence electrons. The zero-order valence-corrected chi connectivity index (χ0v) is 16.0. The van der Waals surface area contributed by atoms with Gasteiger partial charge in [-0.15, -0.1) is 0 Å². The molecule has 0 aromatic heterocycles. The molecule has 20 heavy (non-hydrogen) atoms. The molecule has 0 amide bonds. The van der Waals surface area contributed by atoms with Gasteiger partial charge in [0.25, 0.3) is 0 Å². The highest BCUT2D eigenvalue weighted by atomic mass is 79.9. The molecule has 0 aliphatic heterocycles. The molecule has 0 atom stereocenters. The van der Waals surface area contributed by atoms with E-state index in [0.29, 0.717) is 10.8 Å². The van der Waals surface area contributed by atoms with Crippen LogP contribution < -0.4 is 10.1 Å². The lowest BCUT2D eigenvalue weighted by Crippen LogP contribution is -2.18. The van der Waals surface area contributed by atoms with Crippen molar-refractivity contribution in [1.82, 2.24) is 5.32 Å². The molecule has 0 heterocycles. The van der Waals surface area contributed by atoms with Crippen LogP contribution >= 0.6 is 31.9 Å². The number of methoxy groups -OCH3 is 1. The number of hydrogen-bond donors (Lipinski definition) is 1. The molecule has 1 aromatic carbocycles. The Morgan fingerprint density at radius 2 is 1.60 bits per heavy atom. The topological polar surface area (TPSA) is 21.3 Å². The quantitative estimate of drug-likeness (QED) is 0.746. The standard InChI is InChI=1S/C16H23Br2NO/c1-15(2)13(16(15,3)4)9-19-8-10-6-11(17)14(20-5)12(18)7-10/h6-7,13,19H,8-9H2,1-5H3. The second-order valence-corrected chi connectivity index (χ2v) is 8.43. The maximum absolute atomic E-state index is 5.32. The average molecular weight is 405 g/mol. The number of nitrogens with one attached hydrogen (secondary N) is 1. The highest BCUT2D eigenvalue weighted by Crippen LogP contribution is 2.67. The van der Waals surface area contributed by atoms with Gasteiger partial charge in [-0.1, -0.05) is 27.7 Å². The summed E-state index contributed by atoms with van der Waals surface area (Å²) in [6, 6.07) is 4.22. The van der Waals surface area contributed by atoms with Gasteiger partial charge in [-0.05, 0) is 72.8 Å². The molecule has 2 nitrogen and oxygen atoms in total. The van der Waals surface area contributed by atoms with Gasteiger partial charge in [0, 0.05) is 6.54 Å². The lowest BCUT2D eigenvalue weighted by atomic mass is 10.0. The van der Waals surface area contributed by atoms with E-state index in [4.69, 9.17) is 4.74 Å². The van der Waals surface area contributed by atoms with E-state index in [-0.39, 0.29) is 0 Å². The van der Waals surface area contributed by atoms with E-state index < -0.39 is 0 Å². The molecule has 0 bridgehead atoms. The van der Waals surface area contributed by atoms with Gasteiger partial charge in [-0.2, -0.15) is 0 Å². The molecule has 1 fully saturated rings. The number of rotatable bonds is 5. The molecule has 1 N–H and O–H groups in total. The molecular formula is C16H23Br2NO. The second-order valence-electron chi connectivity index (χ2n) is 6.72. The van der Waals surface area contributed by atoms with E-state index in [0.717, 1.165) is 33.7 Å². The van der Waals surface area contributed by atoms with Crippen LogP contribution in [0.1, 0.15) is 33.3 Å². The van der Waals surface area contributed by atoms with Crippen molar-refractivity contribution < 1.29 is 4.74 Å². The summed E-state index contributed by atoms with van der Waals surface area (Å²) in [5.74, 6) is 1.60. The molecule has 1 saturated carbocycles. The molecular weight excluding hydrogens is 382 g/mol. The van der Waals surface area contributed by atoms with Crippen molar-refractivity contribution in [2.24, 2.45) is 16.7 Å². The van der Waals surface area contributed by atoms with E-state index in [2.05, 4.69) is 77.0 Å². The summed E-state index contributed by atoms with van der Waals surface area (Å²) < 4.78 is 7.29. The van der Waals surface area contributed by atoms with Crippen LogP contribution in [0.25, 0.3) is 0 Å². The van der Waals surface area contributed by atoms with E-state index in [1.165, 1.54) is 5.56 Å². The normalized spacial score (nSPS) is 19.9. The Hall–Kier alpha value is -0.0600. The van der Waals surface area contributed by atoms with Crippen molar-refractivity contribution in [3.05, 3.63) is 26.6 Å². The Balaban J connectivity index is 1.93. The predicted molar refractivity (Wildman–Crippen MR) is 91.2 cm³/mol. The monoisotopic (exact) mass is 403 g/mol. The molecule has 1 aromatic rings. The molecule has 0 unspecified atom stereocenters. The summed E-state index contributed by atoms with van der Waals surface area (Å²) in [6.45, 7) is 11.4. The van der Waals surface area contributed by atoms with Gasteiger partial charge < -0.3 is 10.1 Å². The smallest absolute Gasteiger partial charge is 0.147 e. The number of ether oxygens (including phenoxy) is 1. The van der Waals surface area contributed by atoms with Crippen LogP contribution in [0.4, 0.5) is 0 Å². The fourth-order valence-corrected chi connectivity index (χ4v) is 4.72. The van der Waals surface area contributed by atoms with Crippen molar-refractivity contribution in [1.29, 1.82) is 0 Å². The van der Waals surface area contributed by atoms with Gasteiger partial charge >= 0.3 is 0 Å². The van der Waals surface area contributed by atoms with Crippen LogP contribution in [0.3, 0.4) is 0 Å². The van der Waals surface area contributed by atoms with Gasteiger partial charge in [0.05, 0.1) is 16.1 Å². The maximum Gasteiger partial charge on any atom is 0.147 e. The first kappa shape index (κ1) is 16.3. The van der Waals surface area contributed by atoms with E-state index in [1.807, 2.05) is 0 Å². The van der Waals surface area contributed by atoms with Gasteiger partial charge in [-0.3, -0.25) is 0 Å². The van der Waals surface area contributed by atoms with Gasteiger partial charge in [0.1, 0.15) is 5.75 Å². The Kier molecular flexibility index (Phi) is 4.58. The lowest BCUT2D eigenvalue weighted by molar-refractivity contribution is 0.409. The molecule has 0 spiro atoms. The van der Waals surface area contributed by atoms with Gasteiger partial charge in [0.15, 0.2) is 0 Å². The summed E-state index contributed by atoms with van der Waals surface area (Å²) in [6.07, 6.45) is 0. The van der Waals surface area contributed by atoms with E-state index in [1.54, 1.807) is 7.11 Å². The third-order valence-electron chi connectivity index (χ3n) is 5.26. The van der Waals surface area contributed by atoms with Crippen LogP contribution in [-0.4, -0.2) is 13.7 Å². The van der Waals surface area contributed by atoms with Gasteiger partial charge in [-0.25, -0.2) is 0 Å². The Labute approximate surface area is 138 Å². The summed E-state index contributed by atoms with van der Waals surface area (Å²) in [7, 11) is 1.68. The predicted octanol–water partition coefficient (Wildman–Crippen LogP) is 4.99. The minimum atomic E-state index is 0.446. The van der Waals surface area contributed by atoms with E-state index >= 15 is 0 Å². The fourth-order valence-electron chi connectivity index (χ4n) is 3.11. The van der Waals surface area contributed by atoms with Crippen molar-refractivity contribution in [3.8, 4) is 5.75 Å². The highest BCUT2D eigenvalue weighted by Gasteiger charge is 2.63. The van der Waals surface area contributed by atoms with Crippen molar-refractivity contribution in [2.45, 2.75) is 34.2 Å². The van der Waals surface area contributed by atoms with Gasteiger partial charge in [0.2, 0.25) is 0 Å². The van der Waals surface area contributed by atoms with Crippen LogP contribution in [0.5, 0.6) is 5.75 Å². The minimum Gasteiger partial charge on any atom is -0.494 e. The number of benzene rings is 1. The first-order valence-electron chi connectivity index (χ1n) is 6.94. The fraction of sp³-hybridized carbons (Fsp3) is 0.625. The SMILES string of the molecule is COc1c(Br)cc(CNCC2C(C)(C)C2(C)C)cc1Br. The van der Waals surface area contributed by atoms with Crippen LogP contribution in [0.15, 0.2) is 21.1 Å². The third-order valence-corrected chi connectivity index (χ3v) is 6.44. The first-order valence-corrected chi connectivity index (χ1v) is 8.53. The number of halogens is 2. The summed E-state index contributed by atoms with van der Waals surface area (Å²) >= 11 is 7.09. The molecule has 4 heteroatoms. The number of hydrogen-bond acceptors (Lipinski definition) is 2. The van der Waals surface area contributed by atoms with E-state index in [9.17, 15) is 0 Å². The molecule has 2 rings (SSSR count). The zero-order valence-electron chi connectivity index (χ0n) is 12.8. The molecule has 0 radical (unpaired) electrons.